The minimum Gasteiger partial charge on any atom is -0.326 e. The number of thiazole rings is 1. The van der Waals surface area contributed by atoms with Crippen LogP contribution in [0.1, 0.15) is 48.0 Å². The number of rotatable bonds is 6. The predicted octanol–water partition coefficient (Wildman–Crippen LogP) is 4.98. The van der Waals surface area contributed by atoms with Crippen molar-refractivity contribution < 1.29 is 13.2 Å². The summed E-state index contributed by atoms with van der Waals surface area (Å²) in [5.74, 6) is -0.221. The first kappa shape index (κ1) is 22.4. The molecular formula is C20H29N3O3S2. The lowest BCUT2D eigenvalue weighted by Gasteiger charge is -2.34. The zero-order chi connectivity index (χ0) is 21.2. The monoisotopic (exact) mass is 423 g/mol. The van der Waals surface area contributed by atoms with E-state index in [1.54, 1.807) is 17.5 Å². The van der Waals surface area contributed by atoms with Crippen molar-refractivity contribution >= 4 is 38.1 Å². The maximum Gasteiger partial charge on any atom is 0.263 e. The van der Waals surface area contributed by atoms with E-state index in [1.807, 2.05) is 0 Å². The summed E-state index contributed by atoms with van der Waals surface area (Å²) in [6.45, 7) is 12.5. The molecule has 2 rings (SSSR count). The maximum atomic E-state index is 12.9. The second-order valence-electron chi connectivity index (χ2n) is 9.14. The standard InChI is InChI=1S/C20H29N3O3S2/c1-19(2,3)13-16(20(4,5)6)17(24)22-14-7-9-15(10-8-14)28(25,26)23-18-21-11-12-27-18/h7-12,16H,13H2,1-6H3,(H,21,23)(H,22,24). The van der Waals surface area contributed by atoms with E-state index in [0.717, 1.165) is 6.42 Å². The van der Waals surface area contributed by atoms with Crippen LogP contribution in [0, 0.1) is 16.7 Å². The van der Waals surface area contributed by atoms with Crippen molar-refractivity contribution in [3.63, 3.8) is 0 Å². The van der Waals surface area contributed by atoms with Crippen LogP contribution in [-0.2, 0) is 14.8 Å². The van der Waals surface area contributed by atoms with E-state index in [4.69, 9.17) is 0 Å². The minimum absolute atomic E-state index is 0.0225. The molecule has 2 aromatic rings. The van der Waals surface area contributed by atoms with Crippen LogP contribution in [0.15, 0.2) is 40.7 Å². The van der Waals surface area contributed by atoms with Gasteiger partial charge >= 0.3 is 0 Å². The zero-order valence-corrected chi connectivity index (χ0v) is 18.9. The van der Waals surface area contributed by atoms with Crippen molar-refractivity contribution in [3.8, 4) is 0 Å². The highest BCUT2D eigenvalue weighted by Gasteiger charge is 2.34. The van der Waals surface area contributed by atoms with E-state index in [0.29, 0.717) is 10.8 Å². The van der Waals surface area contributed by atoms with Crippen molar-refractivity contribution in [1.82, 2.24) is 4.98 Å². The molecule has 0 radical (unpaired) electrons. The number of amides is 1. The Hall–Kier alpha value is -1.93. The van der Waals surface area contributed by atoms with Crippen molar-refractivity contribution in [2.24, 2.45) is 16.7 Å². The molecule has 1 unspecified atom stereocenters. The molecule has 8 heteroatoms. The van der Waals surface area contributed by atoms with Crippen LogP contribution in [0.25, 0.3) is 0 Å². The predicted molar refractivity (Wildman–Crippen MR) is 115 cm³/mol. The fourth-order valence-corrected chi connectivity index (χ4v) is 4.59. The molecule has 0 aliphatic carbocycles. The molecule has 0 aliphatic rings. The lowest BCUT2D eigenvalue weighted by Crippen LogP contribution is -2.36. The van der Waals surface area contributed by atoms with Crippen molar-refractivity contribution in [3.05, 3.63) is 35.8 Å². The molecule has 0 fully saturated rings. The smallest absolute Gasteiger partial charge is 0.263 e. The van der Waals surface area contributed by atoms with Gasteiger partial charge in [-0.1, -0.05) is 41.5 Å². The minimum atomic E-state index is -3.71. The van der Waals surface area contributed by atoms with E-state index >= 15 is 0 Å². The van der Waals surface area contributed by atoms with E-state index in [9.17, 15) is 13.2 Å². The van der Waals surface area contributed by atoms with Crippen LogP contribution in [0.4, 0.5) is 10.8 Å². The average molecular weight is 424 g/mol. The zero-order valence-electron chi connectivity index (χ0n) is 17.2. The number of hydrogen-bond acceptors (Lipinski definition) is 5. The van der Waals surface area contributed by atoms with Gasteiger partial charge in [-0.25, -0.2) is 13.4 Å². The molecule has 28 heavy (non-hydrogen) atoms. The second-order valence-corrected chi connectivity index (χ2v) is 11.7. The fourth-order valence-electron chi connectivity index (χ4n) is 2.80. The van der Waals surface area contributed by atoms with Gasteiger partial charge in [0.25, 0.3) is 10.0 Å². The molecule has 0 aliphatic heterocycles. The molecule has 1 atom stereocenters. The van der Waals surface area contributed by atoms with E-state index in [-0.39, 0.29) is 27.6 Å². The SMILES string of the molecule is CC(C)(C)CC(C(=O)Nc1ccc(S(=O)(=O)Nc2nccs2)cc1)C(C)(C)C. The van der Waals surface area contributed by atoms with E-state index < -0.39 is 10.0 Å². The Morgan fingerprint density at radius 3 is 2.18 bits per heavy atom. The summed E-state index contributed by atoms with van der Waals surface area (Å²) in [5, 5.41) is 4.94. The molecule has 0 bridgehead atoms. The summed E-state index contributed by atoms with van der Waals surface area (Å²) in [7, 11) is -3.71. The molecule has 1 amide bonds. The van der Waals surface area contributed by atoms with Crippen molar-refractivity contribution in [2.45, 2.75) is 52.9 Å². The summed E-state index contributed by atoms with van der Waals surface area (Å²) in [5.41, 5.74) is 0.411. The first-order chi connectivity index (χ1) is 12.8. The van der Waals surface area contributed by atoms with Crippen LogP contribution in [0.5, 0.6) is 0 Å². The van der Waals surface area contributed by atoms with Gasteiger partial charge in [0.15, 0.2) is 5.13 Å². The van der Waals surface area contributed by atoms with Gasteiger partial charge in [-0.3, -0.25) is 9.52 Å². The molecule has 0 spiro atoms. The van der Waals surface area contributed by atoms with Gasteiger partial charge in [0.2, 0.25) is 5.91 Å². The molecular weight excluding hydrogens is 394 g/mol. The van der Waals surface area contributed by atoms with Crippen LogP contribution in [-0.4, -0.2) is 19.3 Å². The Balaban J connectivity index is 2.13. The summed E-state index contributed by atoms with van der Waals surface area (Å²) < 4.78 is 27.2. The van der Waals surface area contributed by atoms with Gasteiger partial charge in [0, 0.05) is 23.2 Å². The van der Waals surface area contributed by atoms with Crippen molar-refractivity contribution in [1.29, 1.82) is 0 Å². The molecule has 154 valence electrons. The Morgan fingerprint density at radius 1 is 1.11 bits per heavy atom. The molecule has 1 aromatic heterocycles. The topological polar surface area (TPSA) is 88.2 Å². The maximum absolute atomic E-state index is 12.9. The number of carbonyl (C=O) groups is 1. The lowest BCUT2D eigenvalue weighted by atomic mass is 9.71. The number of nitrogens with one attached hydrogen (secondary N) is 2. The number of nitrogens with zero attached hydrogens (tertiary/aromatic N) is 1. The molecule has 1 aromatic carbocycles. The Morgan fingerprint density at radius 2 is 1.71 bits per heavy atom. The van der Waals surface area contributed by atoms with Gasteiger partial charge in [-0.2, -0.15) is 0 Å². The number of hydrogen-bond donors (Lipinski definition) is 2. The first-order valence-electron chi connectivity index (χ1n) is 9.11. The van der Waals surface area contributed by atoms with Gasteiger partial charge < -0.3 is 5.32 Å². The van der Waals surface area contributed by atoms with Crippen LogP contribution in [0.3, 0.4) is 0 Å². The van der Waals surface area contributed by atoms with Crippen LogP contribution < -0.4 is 10.0 Å². The van der Waals surface area contributed by atoms with Gasteiger partial charge in [0.1, 0.15) is 0 Å². The average Bonchev–Trinajstić information content (AvgIpc) is 3.03. The molecule has 6 nitrogen and oxygen atoms in total. The molecule has 1 heterocycles. The molecule has 0 saturated carbocycles. The third-order valence-corrected chi connectivity index (χ3v) is 6.44. The van der Waals surface area contributed by atoms with Gasteiger partial charge in [0.05, 0.1) is 4.90 Å². The quantitative estimate of drug-likeness (QED) is 0.686. The van der Waals surface area contributed by atoms with Crippen LogP contribution in [0.2, 0.25) is 0 Å². The lowest BCUT2D eigenvalue weighted by molar-refractivity contribution is -0.124. The van der Waals surface area contributed by atoms with Gasteiger partial charge in [-0.05, 0) is 41.5 Å². The van der Waals surface area contributed by atoms with Gasteiger partial charge in [-0.15, -0.1) is 11.3 Å². The van der Waals surface area contributed by atoms with Crippen molar-refractivity contribution in [2.75, 3.05) is 10.0 Å². The van der Waals surface area contributed by atoms with Crippen LogP contribution >= 0.6 is 11.3 Å². The number of benzene rings is 1. The third kappa shape index (κ3) is 6.31. The molecule has 2 N–H and O–H groups in total. The highest BCUT2D eigenvalue weighted by molar-refractivity contribution is 7.93. The summed E-state index contributed by atoms with van der Waals surface area (Å²) in [4.78, 5) is 16.9. The Kier molecular flexibility index (Phi) is 6.55. The van der Waals surface area contributed by atoms with E-state index in [1.165, 1.54) is 29.7 Å². The largest absolute Gasteiger partial charge is 0.326 e. The Bertz CT molecular complexity index is 892. The summed E-state index contributed by atoms with van der Waals surface area (Å²) >= 11 is 1.21. The first-order valence-corrected chi connectivity index (χ1v) is 11.5. The fraction of sp³-hybridized carbons (Fsp3) is 0.500. The summed E-state index contributed by atoms with van der Waals surface area (Å²) in [6, 6.07) is 6.15. The summed E-state index contributed by atoms with van der Waals surface area (Å²) in [6.07, 6.45) is 2.29. The number of anilines is 2. The number of sulfonamides is 1. The molecule has 0 saturated heterocycles. The highest BCUT2D eigenvalue weighted by atomic mass is 32.2. The van der Waals surface area contributed by atoms with E-state index in [2.05, 4.69) is 56.6 Å². The highest BCUT2D eigenvalue weighted by Crippen LogP contribution is 2.36. The number of aromatic nitrogens is 1. The normalized spacial score (nSPS) is 13.8. The second kappa shape index (κ2) is 8.21. The third-order valence-electron chi connectivity index (χ3n) is 4.26. The Labute approximate surface area is 171 Å². The number of carbonyl (C=O) groups excluding carboxylic acids is 1.